The van der Waals surface area contributed by atoms with Crippen LogP contribution in [0.15, 0.2) is 12.3 Å². The van der Waals surface area contributed by atoms with E-state index in [4.69, 9.17) is 10.5 Å². The van der Waals surface area contributed by atoms with Gasteiger partial charge in [-0.25, -0.2) is 9.78 Å². The lowest BCUT2D eigenvalue weighted by Crippen LogP contribution is -2.39. The Kier molecular flexibility index (Phi) is 4.70. The highest BCUT2D eigenvalue weighted by atomic mass is 16.5. The number of nitrogens with zero attached hydrogens (tertiary/aromatic N) is 1. The van der Waals surface area contributed by atoms with Gasteiger partial charge in [0.2, 0.25) is 0 Å². The summed E-state index contributed by atoms with van der Waals surface area (Å²) in [4.78, 5) is 16.2. The highest BCUT2D eigenvalue weighted by molar-refractivity contribution is 5.95. The van der Waals surface area contributed by atoms with Gasteiger partial charge in [0, 0.05) is 6.04 Å². The lowest BCUT2D eigenvalue weighted by molar-refractivity contribution is 0.0527. The van der Waals surface area contributed by atoms with E-state index in [1.807, 2.05) is 0 Å². The average Bonchev–Trinajstić information content (AvgIpc) is 2.43. The third-order valence-corrected chi connectivity index (χ3v) is 4.26. The third-order valence-electron chi connectivity index (χ3n) is 4.26. The van der Waals surface area contributed by atoms with Crippen LogP contribution in [0.4, 0.5) is 11.5 Å². The molecule has 1 aliphatic rings. The fraction of sp³-hybridized carbons (Fsp3) is 0.625. The molecule has 1 heterocycles. The normalized spacial score (nSPS) is 20.8. The minimum atomic E-state index is -0.400. The van der Waals surface area contributed by atoms with Gasteiger partial charge < -0.3 is 15.8 Å². The van der Waals surface area contributed by atoms with E-state index < -0.39 is 5.97 Å². The lowest BCUT2D eigenvalue weighted by atomic mass is 9.73. The van der Waals surface area contributed by atoms with Crippen molar-refractivity contribution in [3.63, 3.8) is 0 Å². The van der Waals surface area contributed by atoms with Gasteiger partial charge in [0.15, 0.2) is 0 Å². The number of nitrogens with two attached hydrogens (primary N) is 1. The van der Waals surface area contributed by atoms with Gasteiger partial charge in [0.1, 0.15) is 5.82 Å². The molecule has 21 heavy (non-hydrogen) atoms. The maximum absolute atomic E-state index is 11.9. The van der Waals surface area contributed by atoms with Crippen LogP contribution in [0.2, 0.25) is 0 Å². The quantitative estimate of drug-likeness (QED) is 0.833. The molecule has 1 atom stereocenters. The zero-order valence-electron chi connectivity index (χ0n) is 13.1. The van der Waals surface area contributed by atoms with E-state index >= 15 is 0 Å². The minimum Gasteiger partial charge on any atom is -0.462 e. The Bertz CT molecular complexity index is 514. The fourth-order valence-corrected chi connectivity index (χ4v) is 2.87. The zero-order valence-corrected chi connectivity index (χ0v) is 13.1. The van der Waals surface area contributed by atoms with Crippen molar-refractivity contribution in [1.29, 1.82) is 0 Å². The summed E-state index contributed by atoms with van der Waals surface area (Å²) in [6, 6.07) is 2.05. The molecule has 1 fully saturated rings. The molecule has 2 rings (SSSR count). The third kappa shape index (κ3) is 3.65. The van der Waals surface area contributed by atoms with Crippen LogP contribution in [0.25, 0.3) is 0 Å². The summed E-state index contributed by atoms with van der Waals surface area (Å²) in [7, 11) is 0. The van der Waals surface area contributed by atoms with Crippen molar-refractivity contribution in [3.05, 3.63) is 17.8 Å². The molecule has 116 valence electrons. The van der Waals surface area contributed by atoms with E-state index in [-0.39, 0.29) is 5.41 Å². The highest BCUT2D eigenvalue weighted by Gasteiger charge is 2.32. The first-order valence-electron chi connectivity index (χ1n) is 7.63. The predicted octanol–water partition coefficient (Wildman–Crippen LogP) is 3.22. The predicted molar refractivity (Wildman–Crippen MR) is 84.3 cm³/mol. The maximum Gasteiger partial charge on any atom is 0.340 e. The summed E-state index contributed by atoms with van der Waals surface area (Å²) in [6.45, 7) is 6.65. The SMILES string of the molecule is CCOC(=O)c1cc(NC2CCCCC2(C)C)ncc1N. The number of pyridine rings is 1. The topological polar surface area (TPSA) is 77.2 Å². The van der Waals surface area contributed by atoms with Crippen LogP contribution in [-0.4, -0.2) is 23.6 Å². The summed E-state index contributed by atoms with van der Waals surface area (Å²) in [5, 5.41) is 3.46. The zero-order chi connectivity index (χ0) is 15.5. The second-order valence-corrected chi connectivity index (χ2v) is 6.31. The fourth-order valence-electron chi connectivity index (χ4n) is 2.87. The van der Waals surface area contributed by atoms with E-state index in [2.05, 4.69) is 24.1 Å². The molecule has 0 amide bonds. The van der Waals surface area contributed by atoms with E-state index in [9.17, 15) is 4.79 Å². The largest absolute Gasteiger partial charge is 0.462 e. The summed E-state index contributed by atoms with van der Waals surface area (Å²) in [6.07, 6.45) is 6.33. The van der Waals surface area contributed by atoms with Gasteiger partial charge in [-0.2, -0.15) is 0 Å². The molecule has 1 unspecified atom stereocenters. The Morgan fingerprint density at radius 2 is 2.29 bits per heavy atom. The number of rotatable bonds is 4. The van der Waals surface area contributed by atoms with Crippen molar-refractivity contribution in [2.75, 3.05) is 17.7 Å². The number of carbonyl (C=O) groups excluding carboxylic acids is 1. The Labute approximate surface area is 126 Å². The van der Waals surface area contributed by atoms with Gasteiger partial charge in [-0.05, 0) is 31.2 Å². The first-order valence-corrected chi connectivity index (χ1v) is 7.63. The van der Waals surface area contributed by atoms with Gasteiger partial charge in [-0.3, -0.25) is 0 Å². The Hall–Kier alpha value is -1.78. The van der Waals surface area contributed by atoms with E-state index in [1.165, 1.54) is 25.5 Å². The molecule has 5 heteroatoms. The monoisotopic (exact) mass is 291 g/mol. The molecular formula is C16H25N3O2. The number of esters is 1. The molecule has 5 nitrogen and oxygen atoms in total. The van der Waals surface area contributed by atoms with Crippen LogP contribution in [-0.2, 0) is 4.74 Å². The molecule has 1 aliphatic carbocycles. The minimum absolute atomic E-state index is 0.228. The second-order valence-electron chi connectivity index (χ2n) is 6.31. The summed E-state index contributed by atoms with van der Waals surface area (Å²) in [5.74, 6) is 0.288. The van der Waals surface area contributed by atoms with E-state index in [0.29, 0.717) is 29.7 Å². The van der Waals surface area contributed by atoms with Crippen molar-refractivity contribution in [1.82, 2.24) is 4.98 Å². The van der Waals surface area contributed by atoms with E-state index in [0.717, 1.165) is 6.42 Å². The maximum atomic E-state index is 11.9. The molecule has 1 saturated carbocycles. The summed E-state index contributed by atoms with van der Waals surface area (Å²) < 4.78 is 5.02. The molecular weight excluding hydrogens is 266 g/mol. The molecule has 0 saturated heterocycles. The number of nitrogen functional groups attached to an aromatic ring is 1. The van der Waals surface area contributed by atoms with Crippen LogP contribution in [0.5, 0.6) is 0 Å². The van der Waals surface area contributed by atoms with Crippen molar-refractivity contribution >= 4 is 17.5 Å². The van der Waals surface area contributed by atoms with E-state index in [1.54, 1.807) is 13.0 Å². The molecule has 0 aliphatic heterocycles. The first kappa shape index (κ1) is 15.6. The molecule has 3 N–H and O–H groups in total. The molecule has 1 aromatic rings. The molecule has 0 spiro atoms. The lowest BCUT2D eigenvalue weighted by Gasteiger charge is -2.39. The Morgan fingerprint density at radius 1 is 1.52 bits per heavy atom. The standard InChI is InChI=1S/C16H25N3O2/c1-4-21-15(20)11-9-14(18-10-12(11)17)19-13-7-5-6-8-16(13,2)3/h9-10,13H,4-8,17H2,1-3H3,(H,18,19). The van der Waals surface area contributed by atoms with Crippen LogP contribution < -0.4 is 11.1 Å². The van der Waals surface area contributed by atoms with Crippen molar-refractivity contribution in [2.24, 2.45) is 5.41 Å². The van der Waals surface area contributed by atoms with Crippen molar-refractivity contribution < 1.29 is 9.53 Å². The number of carbonyl (C=O) groups is 1. The average molecular weight is 291 g/mol. The summed E-state index contributed by atoms with van der Waals surface area (Å²) in [5.41, 5.74) is 6.77. The number of hydrogen-bond donors (Lipinski definition) is 2. The van der Waals surface area contributed by atoms with Crippen LogP contribution >= 0.6 is 0 Å². The molecule has 0 bridgehead atoms. The van der Waals surface area contributed by atoms with Gasteiger partial charge in [-0.1, -0.05) is 26.7 Å². The molecule has 0 radical (unpaired) electrons. The molecule has 0 aromatic carbocycles. The van der Waals surface area contributed by atoms with Crippen molar-refractivity contribution in [3.8, 4) is 0 Å². The number of hydrogen-bond acceptors (Lipinski definition) is 5. The van der Waals surface area contributed by atoms with Gasteiger partial charge in [0.05, 0.1) is 24.1 Å². The van der Waals surface area contributed by atoms with Gasteiger partial charge in [0.25, 0.3) is 0 Å². The number of anilines is 2. The highest BCUT2D eigenvalue weighted by Crippen LogP contribution is 2.37. The van der Waals surface area contributed by atoms with Crippen LogP contribution in [0, 0.1) is 5.41 Å². The summed E-state index contributed by atoms with van der Waals surface area (Å²) >= 11 is 0. The molecule has 1 aromatic heterocycles. The van der Waals surface area contributed by atoms with Crippen LogP contribution in [0.3, 0.4) is 0 Å². The van der Waals surface area contributed by atoms with Crippen LogP contribution in [0.1, 0.15) is 56.8 Å². The Balaban J connectivity index is 2.17. The number of ether oxygens (including phenoxy) is 1. The smallest absolute Gasteiger partial charge is 0.340 e. The van der Waals surface area contributed by atoms with Gasteiger partial charge in [-0.15, -0.1) is 0 Å². The first-order chi connectivity index (χ1) is 9.94. The van der Waals surface area contributed by atoms with Gasteiger partial charge >= 0.3 is 5.97 Å². The number of nitrogens with one attached hydrogen (secondary N) is 1. The van der Waals surface area contributed by atoms with Crippen molar-refractivity contribution in [2.45, 2.75) is 52.5 Å². The Morgan fingerprint density at radius 3 is 2.95 bits per heavy atom. The number of aromatic nitrogens is 1. The second kappa shape index (κ2) is 6.33.